The lowest BCUT2D eigenvalue weighted by atomic mass is 9.79. The van der Waals surface area contributed by atoms with Crippen molar-refractivity contribution >= 4 is 0 Å². The third-order valence-corrected chi connectivity index (χ3v) is 5.36. The van der Waals surface area contributed by atoms with E-state index in [1.807, 2.05) is 0 Å². The minimum Gasteiger partial charge on any atom is -0.366 e. The molecule has 1 aliphatic heterocycles. The zero-order valence-electron chi connectivity index (χ0n) is 11.8. The van der Waals surface area contributed by atoms with Gasteiger partial charge < -0.3 is 10.1 Å². The Morgan fingerprint density at radius 3 is 1.44 bits per heavy atom. The van der Waals surface area contributed by atoms with Crippen LogP contribution in [0.2, 0.25) is 0 Å². The number of morpholine rings is 1. The normalized spacial score (nSPS) is 32.0. The second-order valence-corrected chi connectivity index (χ2v) is 6.90. The predicted molar refractivity (Wildman–Crippen MR) is 74.8 cm³/mol. The molecule has 2 spiro atoms. The van der Waals surface area contributed by atoms with Crippen LogP contribution in [0.5, 0.6) is 0 Å². The minimum atomic E-state index is 0.190. The van der Waals surface area contributed by atoms with Gasteiger partial charge in [-0.2, -0.15) is 0 Å². The Balaban J connectivity index is 1.70. The highest BCUT2D eigenvalue weighted by molar-refractivity contribution is 4.98. The van der Waals surface area contributed by atoms with Crippen molar-refractivity contribution in [2.45, 2.75) is 88.3 Å². The maximum atomic E-state index is 6.82. The first-order chi connectivity index (χ1) is 8.83. The van der Waals surface area contributed by atoms with Gasteiger partial charge in [-0.05, 0) is 25.7 Å². The maximum absolute atomic E-state index is 6.82. The molecule has 0 amide bonds. The second-order valence-electron chi connectivity index (χ2n) is 6.90. The molecule has 0 unspecified atom stereocenters. The Morgan fingerprint density at radius 1 is 0.556 bits per heavy atom. The molecular formula is C16H29NO. The smallest absolute Gasteiger partial charge is 0.0814 e. The van der Waals surface area contributed by atoms with Crippen LogP contribution in [0.3, 0.4) is 0 Å². The quantitative estimate of drug-likeness (QED) is 0.707. The Bertz CT molecular complexity index is 257. The van der Waals surface area contributed by atoms with Crippen molar-refractivity contribution < 1.29 is 4.74 Å². The molecular weight excluding hydrogens is 222 g/mol. The highest BCUT2D eigenvalue weighted by Crippen LogP contribution is 2.41. The molecule has 0 bridgehead atoms. The lowest BCUT2D eigenvalue weighted by Crippen LogP contribution is -2.61. The van der Waals surface area contributed by atoms with Crippen molar-refractivity contribution in [1.29, 1.82) is 0 Å². The summed E-state index contributed by atoms with van der Waals surface area (Å²) in [4.78, 5) is 0. The molecule has 3 fully saturated rings. The van der Waals surface area contributed by atoms with Crippen LogP contribution in [0.15, 0.2) is 0 Å². The first-order valence-corrected chi connectivity index (χ1v) is 8.24. The van der Waals surface area contributed by atoms with Crippen LogP contribution in [-0.4, -0.2) is 24.3 Å². The van der Waals surface area contributed by atoms with E-state index >= 15 is 0 Å². The van der Waals surface area contributed by atoms with Crippen molar-refractivity contribution in [2.75, 3.05) is 13.1 Å². The van der Waals surface area contributed by atoms with E-state index in [9.17, 15) is 0 Å². The topological polar surface area (TPSA) is 21.3 Å². The van der Waals surface area contributed by atoms with E-state index in [4.69, 9.17) is 4.74 Å². The van der Waals surface area contributed by atoms with Crippen molar-refractivity contribution in [2.24, 2.45) is 0 Å². The summed E-state index contributed by atoms with van der Waals surface area (Å²) in [5, 5.41) is 3.73. The van der Waals surface area contributed by atoms with Gasteiger partial charge in [0.05, 0.1) is 11.2 Å². The van der Waals surface area contributed by atoms with Gasteiger partial charge in [-0.15, -0.1) is 0 Å². The molecule has 0 atom stereocenters. The number of ether oxygens (including phenoxy) is 1. The number of hydrogen-bond donors (Lipinski definition) is 1. The van der Waals surface area contributed by atoms with E-state index in [0.29, 0.717) is 0 Å². The lowest BCUT2D eigenvalue weighted by Gasteiger charge is -2.51. The van der Waals surface area contributed by atoms with Crippen LogP contribution in [0, 0.1) is 0 Å². The molecule has 0 aromatic carbocycles. The molecule has 0 aromatic heterocycles. The molecule has 0 aromatic rings. The monoisotopic (exact) mass is 251 g/mol. The van der Waals surface area contributed by atoms with Crippen molar-refractivity contribution in [1.82, 2.24) is 5.32 Å². The summed E-state index contributed by atoms with van der Waals surface area (Å²) in [5.74, 6) is 0. The molecule has 1 heterocycles. The molecule has 1 N–H and O–H groups in total. The Morgan fingerprint density at radius 2 is 0.944 bits per heavy atom. The fourth-order valence-corrected chi connectivity index (χ4v) is 4.35. The highest BCUT2D eigenvalue weighted by Gasteiger charge is 2.45. The third kappa shape index (κ3) is 2.75. The van der Waals surface area contributed by atoms with Crippen LogP contribution in [0.25, 0.3) is 0 Å². The summed E-state index contributed by atoms with van der Waals surface area (Å²) in [6.45, 7) is 2.21. The van der Waals surface area contributed by atoms with Gasteiger partial charge in [-0.3, -0.25) is 0 Å². The fourth-order valence-electron chi connectivity index (χ4n) is 4.35. The highest BCUT2D eigenvalue weighted by atomic mass is 16.5. The molecule has 2 saturated carbocycles. The van der Waals surface area contributed by atoms with Crippen LogP contribution in [-0.2, 0) is 4.74 Å². The number of nitrogens with one attached hydrogen (secondary N) is 1. The van der Waals surface area contributed by atoms with Crippen LogP contribution in [0.1, 0.15) is 77.0 Å². The van der Waals surface area contributed by atoms with Crippen LogP contribution < -0.4 is 5.32 Å². The average molecular weight is 251 g/mol. The molecule has 3 rings (SSSR count). The fraction of sp³-hybridized carbons (Fsp3) is 1.00. The lowest BCUT2D eigenvalue weighted by molar-refractivity contribution is -0.199. The zero-order chi connectivity index (χ0) is 12.3. The summed E-state index contributed by atoms with van der Waals surface area (Å²) in [5.41, 5.74) is 0.395. The standard InChI is InChI=1S/C16H29NO/c1-2-5-9-15(10-6-3-1)13-17-14-16(18-15)11-7-4-8-12-16/h17H,1-14H2. The van der Waals surface area contributed by atoms with Gasteiger partial charge in [0, 0.05) is 13.1 Å². The average Bonchev–Trinajstić information content (AvgIpc) is 2.36. The number of hydrogen-bond acceptors (Lipinski definition) is 2. The largest absolute Gasteiger partial charge is 0.366 e. The van der Waals surface area contributed by atoms with Gasteiger partial charge in [0.2, 0.25) is 0 Å². The molecule has 2 nitrogen and oxygen atoms in total. The maximum Gasteiger partial charge on any atom is 0.0814 e. The van der Waals surface area contributed by atoms with Crippen molar-refractivity contribution in [3.8, 4) is 0 Å². The molecule has 0 radical (unpaired) electrons. The summed E-state index contributed by atoms with van der Waals surface area (Å²) in [6, 6.07) is 0. The molecule has 1 saturated heterocycles. The summed E-state index contributed by atoms with van der Waals surface area (Å²) >= 11 is 0. The SMILES string of the molecule is C1CCCC2(CCC1)CNCC1(CCCCC1)O2. The van der Waals surface area contributed by atoms with Gasteiger partial charge in [0.1, 0.15) is 0 Å². The van der Waals surface area contributed by atoms with E-state index in [2.05, 4.69) is 5.32 Å². The van der Waals surface area contributed by atoms with E-state index in [-0.39, 0.29) is 11.2 Å². The van der Waals surface area contributed by atoms with E-state index < -0.39 is 0 Å². The Kier molecular flexibility index (Phi) is 3.95. The Labute approximate surface area is 112 Å². The second kappa shape index (κ2) is 5.50. The van der Waals surface area contributed by atoms with Gasteiger partial charge in [0.25, 0.3) is 0 Å². The molecule has 3 aliphatic rings. The Hall–Kier alpha value is -0.0800. The molecule has 2 aliphatic carbocycles. The van der Waals surface area contributed by atoms with Gasteiger partial charge >= 0.3 is 0 Å². The summed E-state index contributed by atoms with van der Waals surface area (Å²) < 4.78 is 6.82. The third-order valence-electron chi connectivity index (χ3n) is 5.36. The van der Waals surface area contributed by atoms with Gasteiger partial charge in [-0.1, -0.05) is 51.4 Å². The van der Waals surface area contributed by atoms with E-state index in [0.717, 1.165) is 13.1 Å². The molecule has 104 valence electrons. The van der Waals surface area contributed by atoms with Crippen LogP contribution in [0.4, 0.5) is 0 Å². The summed E-state index contributed by atoms with van der Waals surface area (Å²) in [7, 11) is 0. The first-order valence-electron chi connectivity index (χ1n) is 8.24. The van der Waals surface area contributed by atoms with Gasteiger partial charge in [0.15, 0.2) is 0 Å². The van der Waals surface area contributed by atoms with E-state index in [1.165, 1.54) is 77.0 Å². The molecule has 2 heteroatoms. The zero-order valence-corrected chi connectivity index (χ0v) is 11.8. The van der Waals surface area contributed by atoms with Crippen molar-refractivity contribution in [3.05, 3.63) is 0 Å². The first kappa shape index (κ1) is 12.9. The predicted octanol–water partition coefficient (Wildman–Crippen LogP) is 3.79. The minimum absolute atomic E-state index is 0.190. The van der Waals surface area contributed by atoms with Gasteiger partial charge in [-0.25, -0.2) is 0 Å². The summed E-state index contributed by atoms with van der Waals surface area (Å²) in [6.07, 6.45) is 16.3. The van der Waals surface area contributed by atoms with E-state index in [1.54, 1.807) is 0 Å². The van der Waals surface area contributed by atoms with Crippen molar-refractivity contribution in [3.63, 3.8) is 0 Å². The molecule has 18 heavy (non-hydrogen) atoms. The van der Waals surface area contributed by atoms with Crippen LogP contribution >= 0.6 is 0 Å². The number of rotatable bonds is 0.